The summed E-state index contributed by atoms with van der Waals surface area (Å²) in [6.45, 7) is 2.70. The van der Waals surface area contributed by atoms with Gasteiger partial charge in [0.2, 0.25) is 0 Å². The molecular formula is C11H22N2OS2. The van der Waals surface area contributed by atoms with Crippen molar-refractivity contribution in [1.82, 2.24) is 10.6 Å². The van der Waals surface area contributed by atoms with Gasteiger partial charge < -0.3 is 15.4 Å². The fraction of sp³-hybridized carbons (Fsp3) is 0.909. The molecule has 0 aromatic rings. The van der Waals surface area contributed by atoms with Gasteiger partial charge >= 0.3 is 0 Å². The first-order chi connectivity index (χ1) is 7.83. The molecule has 2 N–H and O–H groups in total. The lowest BCUT2D eigenvalue weighted by molar-refractivity contribution is 0.195. The maximum absolute atomic E-state index is 5.20. The highest BCUT2D eigenvalue weighted by molar-refractivity contribution is 7.99. The first kappa shape index (κ1) is 14.1. The highest BCUT2D eigenvalue weighted by atomic mass is 32.2. The Labute approximate surface area is 108 Å². The van der Waals surface area contributed by atoms with Gasteiger partial charge in [0.1, 0.15) is 0 Å². The Morgan fingerprint density at radius 3 is 2.81 bits per heavy atom. The highest BCUT2D eigenvalue weighted by Crippen LogP contribution is 2.21. The van der Waals surface area contributed by atoms with E-state index in [1.165, 1.54) is 24.3 Å². The molecule has 1 fully saturated rings. The van der Waals surface area contributed by atoms with Crippen molar-refractivity contribution in [3.05, 3.63) is 0 Å². The van der Waals surface area contributed by atoms with Crippen LogP contribution in [0.4, 0.5) is 0 Å². The van der Waals surface area contributed by atoms with Gasteiger partial charge in [-0.3, -0.25) is 0 Å². The molecule has 1 saturated heterocycles. The second kappa shape index (κ2) is 9.07. The molecule has 0 aromatic heterocycles. The van der Waals surface area contributed by atoms with Crippen LogP contribution in [0.1, 0.15) is 19.3 Å². The first-order valence-electron chi connectivity index (χ1n) is 5.91. The van der Waals surface area contributed by atoms with Crippen molar-refractivity contribution in [3.63, 3.8) is 0 Å². The van der Waals surface area contributed by atoms with Crippen LogP contribution in [0.2, 0.25) is 0 Å². The van der Waals surface area contributed by atoms with E-state index in [4.69, 9.17) is 17.0 Å². The second-order valence-corrected chi connectivity index (χ2v) is 5.67. The Balaban J connectivity index is 1.96. The summed E-state index contributed by atoms with van der Waals surface area (Å²) in [6, 6.07) is 0. The smallest absolute Gasteiger partial charge is 0.166 e. The number of thiocarbonyl (C=S) groups is 1. The summed E-state index contributed by atoms with van der Waals surface area (Å²) in [6.07, 6.45) is 3.65. The zero-order chi connectivity index (χ0) is 11.6. The summed E-state index contributed by atoms with van der Waals surface area (Å²) < 4.78 is 4.97. The lowest BCUT2D eigenvalue weighted by Gasteiger charge is -2.22. The summed E-state index contributed by atoms with van der Waals surface area (Å²) >= 11 is 7.27. The van der Waals surface area contributed by atoms with Gasteiger partial charge in [0.15, 0.2) is 5.11 Å². The lowest BCUT2D eigenvalue weighted by Crippen LogP contribution is -2.39. The molecular weight excluding hydrogens is 240 g/mol. The Morgan fingerprint density at radius 2 is 2.12 bits per heavy atom. The van der Waals surface area contributed by atoms with Crippen molar-refractivity contribution in [2.45, 2.75) is 19.3 Å². The minimum atomic E-state index is 0.786. The first-order valence-corrected chi connectivity index (χ1v) is 7.47. The highest BCUT2D eigenvalue weighted by Gasteiger charge is 2.13. The summed E-state index contributed by atoms with van der Waals surface area (Å²) in [4.78, 5) is 0. The molecule has 1 aliphatic heterocycles. The predicted molar refractivity (Wildman–Crippen MR) is 75.1 cm³/mol. The van der Waals surface area contributed by atoms with Crippen LogP contribution in [0.3, 0.4) is 0 Å². The van der Waals surface area contributed by atoms with Gasteiger partial charge in [-0.15, -0.1) is 0 Å². The van der Waals surface area contributed by atoms with Crippen LogP contribution < -0.4 is 10.6 Å². The maximum Gasteiger partial charge on any atom is 0.166 e. The van der Waals surface area contributed by atoms with Gasteiger partial charge in [0.05, 0.1) is 0 Å². The van der Waals surface area contributed by atoms with Crippen molar-refractivity contribution in [2.24, 2.45) is 5.92 Å². The Morgan fingerprint density at radius 1 is 1.38 bits per heavy atom. The molecule has 0 saturated carbocycles. The maximum atomic E-state index is 5.20. The third-order valence-electron chi connectivity index (χ3n) is 2.70. The number of thioether (sulfide) groups is 1. The molecule has 3 nitrogen and oxygen atoms in total. The quantitative estimate of drug-likeness (QED) is 0.562. The van der Waals surface area contributed by atoms with E-state index < -0.39 is 0 Å². The molecule has 0 aliphatic carbocycles. The standard InChI is InChI=1S/C11H22N2OS2/c1-14-6-2-5-12-11(15)13-9-10-3-7-16-8-4-10/h10H,2-9H2,1H3,(H2,12,13,15). The monoisotopic (exact) mass is 262 g/mol. The average Bonchev–Trinajstić information content (AvgIpc) is 2.33. The van der Waals surface area contributed by atoms with Crippen LogP contribution in [-0.2, 0) is 4.74 Å². The van der Waals surface area contributed by atoms with Crippen LogP contribution in [0.15, 0.2) is 0 Å². The number of methoxy groups -OCH3 is 1. The van der Waals surface area contributed by atoms with E-state index in [1.54, 1.807) is 7.11 Å². The van der Waals surface area contributed by atoms with Crippen LogP contribution in [0.5, 0.6) is 0 Å². The molecule has 94 valence electrons. The van der Waals surface area contributed by atoms with Crippen molar-refractivity contribution in [2.75, 3.05) is 38.3 Å². The molecule has 0 unspecified atom stereocenters. The normalized spacial score (nSPS) is 17.1. The van der Waals surface area contributed by atoms with Gasteiger partial charge in [-0.2, -0.15) is 11.8 Å². The molecule has 0 amide bonds. The Bertz CT molecular complexity index is 196. The average molecular weight is 262 g/mol. The second-order valence-electron chi connectivity index (χ2n) is 4.04. The van der Waals surface area contributed by atoms with Gasteiger partial charge in [-0.05, 0) is 48.9 Å². The van der Waals surface area contributed by atoms with Crippen molar-refractivity contribution in [1.29, 1.82) is 0 Å². The summed E-state index contributed by atoms with van der Waals surface area (Å²) in [5, 5.41) is 7.28. The van der Waals surface area contributed by atoms with E-state index >= 15 is 0 Å². The Hall–Kier alpha value is 0. The predicted octanol–water partition coefficient (Wildman–Crippen LogP) is 1.63. The minimum Gasteiger partial charge on any atom is -0.385 e. The van der Waals surface area contributed by atoms with E-state index in [-0.39, 0.29) is 0 Å². The molecule has 0 spiro atoms. The zero-order valence-electron chi connectivity index (χ0n) is 9.96. The summed E-state index contributed by atoms with van der Waals surface area (Å²) in [5.74, 6) is 3.42. The number of rotatable bonds is 6. The van der Waals surface area contributed by atoms with Gasteiger partial charge in [-0.25, -0.2) is 0 Å². The van der Waals surface area contributed by atoms with Gasteiger partial charge in [-0.1, -0.05) is 0 Å². The molecule has 1 heterocycles. The van der Waals surface area contributed by atoms with Crippen LogP contribution in [-0.4, -0.2) is 43.4 Å². The van der Waals surface area contributed by atoms with Crippen molar-refractivity contribution >= 4 is 29.1 Å². The van der Waals surface area contributed by atoms with Crippen LogP contribution >= 0.6 is 24.0 Å². The molecule has 1 rings (SSSR count). The number of hydrogen-bond acceptors (Lipinski definition) is 3. The van der Waals surface area contributed by atoms with Crippen molar-refractivity contribution < 1.29 is 4.74 Å². The third-order valence-corrected chi connectivity index (χ3v) is 4.04. The number of hydrogen-bond donors (Lipinski definition) is 2. The number of nitrogens with one attached hydrogen (secondary N) is 2. The summed E-state index contributed by atoms with van der Waals surface area (Å²) in [7, 11) is 1.72. The molecule has 1 aliphatic rings. The van der Waals surface area contributed by atoms with E-state index in [0.717, 1.165) is 37.1 Å². The zero-order valence-corrected chi connectivity index (χ0v) is 11.6. The fourth-order valence-electron chi connectivity index (χ4n) is 1.67. The number of ether oxygens (including phenoxy) is 1. The molecule has 0 bridgehead atoms. The van der Waals surface area contributed by atoms with Crippen LogP contribution in [0.25, 0.3) is 0 Å². The molecule has 0 radical (unpaired) electrons. The van der Waals surface area contributed by atoms with Gasteiger partial charge in [0.25, 0.3) is 0 Å². The van der Waals surface area contributed by atoms with E-state index in [1.807, 2.05) is 0 Å². The summed E-state index contributed by atoms with van der Waals surface area (Å²) in [5.41, 5.74) is 0. The topological polar surface area (TPSA) is 33.3 Å². The third kappa shape index (κ3) is 6.55. The van der Waals surface area contributed by atoms with E-state index in [0.29, 0.717) is 0 Å². The minimum absolute atomic E-state index is 0.786. The Kier molecular flexibility index (Phi) is 7.98. The molecule has 0 atom stereocenters. The molecule has 5 heteroatoms. The molecule has 16 heavy (non-hydrogen) atoms. The molecule has 0 aromatic carbocycles. The fourth-order valence-corrected chi connectivity index (χ4v) is 3.06. The van der Waals surface area contributed by atoms with Gasteiger partial charge in [0, 0.05) is 26.8 Å². The lowest BCUT2D eigenvalue weighted by atomic mass is 10.0. The SMILES string of the molecule is COCCCNC(=S)NCC1CCSCC1. The van der Waals surface area contributed by atoms with E-state index in [2.05, 4.69) is 22.4 Å². The van der Waals surface area contributed by atoms with Crippen LogP contribution in [0, 0.1) is 5.92 Å². The van der Waals surface area contributed by atoms with Crippen molar-refractivity contribution in [3.8, 4) is 0 Å². The van der Waals surface area contributed by atoms with E-state index in [9.17, 15) is 0 Å². The largest absolute Gasteiger partial charge is 0.385 e.